The zero-order valence-electron chi connectivity index (χ0n) is 13.4. The molecule has 24 heavy (non-hydrogen) atoms. The second-order valence-corrected chi connectivity index (χ2v) is 7.78. The summed E-state index contributed by atoms with van der Waals surface area (Å²) in [4.78, 5) is 0. The summed E-state index contributed by atoms with van der Waals surface area (Å²) >= 11 is 11.9. The van der Waals surface area contributed by atoms with Crippen molar-refractivity contribution in [1.29, 1.82) is 0 Å². The average Bonchev–Trinajstić information content (AvgIpc) is 2.54. The maximum absolute atomic E-state index is 12.3. The van der Waals surface area contributed by atoms with E-state index in [1.807, 2.05) is 0 Å². The van der Waals surface area contributed by atoms with Crippen molar-refractivity contribution in [1.82, 2.24) is 0 Å². The predicted molar refractivity (Wildman–Crippen MR) is 97.0 cm³/mol. The molecule has 130 valence electrons. The lowest BCUT2D eigenvalue weighted by Gasteiger charge is -2.25. The van der Waals surface area contributed by atoms with Gasteiger partial charge < -0.3 is 9.47 Å². The fourth-order valence-electron chi connectivity index (χ4n) is 2.18. The van der Waals surface area contributed by atoms with Crippen molar-refractivity contribution in [3.8, 4) is 11.5 Å². The zero-order valence-corrected chi connectivity index (χ0v) is 15.7. The molecular formula is C16H17Cl2NO4S. The Kier molecular flexibility index (Phi) is 5.85. The van der Waals surface area contributed by atoms with Crippen LogP contribution in [-0.4, -0.2) is 28.9 Å². The molecule has 8 heteroatoms. The number of methoxy groups -OCH3 is 2. The van der Waals surface area contributed by atoms with Gasteiger partial charge in [0.25, 0.3) is 0 Å². The third kappa shape index (κ3) is 4.26. The van der Waals surface area contributed by atoms with Crippen molar-refractivity contribution in [2.24, 2.45) is 0 Å². The molecule has 0 unspecified atom stereocenters. The predicted octanol–water partition coefficient (Wildman–Crippen LogP) is 3.98. The molecule has 0 aliphatic heterocycles. The first kappa shape index (κ1) is 18.7. The van der Waals surface area contributed by atoms with Gasteiger partial charge in [-0.1, -0.05) is 29.3 Å². The van der Waals surface area contributed by atoms with E-state index in [1.165, 1.54) is 18.5 Å². The first-order valence-corrected chi connectivity index (χ1v) is 9.50. The topological polar surface area (TPSA) is 55.8 Å². The van der Waals surface area contributed by atoms with Gasteiger partial charge >= 0.3 is 0 Å². The molecule has 5 nitrogen and oxygen atoms in total. The van der Waals surface area contributed by atoms with E-state index in [0.717, 1.165) is 6.26 Å². The maximum atomic E-state index is 12.3. The molecule has 0 saturated carbocycles. The van der Waals surface area contributed by atoms with E-state index in [4.69, 9.17) is 32.7 Å². The summed E-state index contributed by atoms with van der Waals surface area (Å²) < 4.78 is 36.4. The Hall–Kier alpha value is -1.63. The van der Waals surface area contributed by atoms with Gasteiger partial charge in [0.2, 0.25) is 10.0 Å². The van der Waals surface area contributed by atoms with Crippen molar-refractivity contribution in [2.45, 2.75) is 6.54 Å². The highest BCUT2D eigenvalue weighted by Crippen LogP contribution is 2.35. The highest BCUT2D eigenvalue weighted by atomic mass is 35.5. The molecule has 0 amide bonds. The molecule has 0 heterocycles. The monoisotopic (exact) mass is 389 g/mol. The van der Waals surface area contributed by atoms with Gasteiger partial charge in [-0.15, -0.1) is 0 Å². The third-order valence-corrected chi connectivity index (χ3v) is 5.23. The van der Waals surface area contributed by atoms with Crippen molar-refractivity contribution in [2.75, 3.05) is 24.8 Å². The van der Waals surface area contributed by atoms with E-state index in [1.54, 1.807) is 36.4 Å². The standard InChI is InChI=1S/C16H17Cl2NO4S/c1-22-12-5-7-16(23-2)15(9-12)19(24(3,20)21)10-11-4-6-13(17)14(18)8-11/h4-9H,10H2,1-3H3. The molecule has 0 bridgehead atoms. The number of hydrogen-bond donors (Lipinski definition) is 0. The van der Waals surface area contributed by atoms with Crippen molar-refractivity contribution in [3.05, 3.63) is 52.0 Å². The summed E-state index contributed by atoms with van der Waals surface area (Å²) in [6.07, 6.45) is 1.13. The quantitative estimate of drug-likeness (QED) is 0.749. The van der Waals surface area contributed by atoms with E-state index in [-0.39, 0.29) is 6.54 Å². The van der Waals surface area contributed by atoms with Crippen molar-refractivity contribution in [3.63, 3.8) is 0 Å². The minimum Gasteiger partial charge on any atom is -0.497 e. The van der Waals surface area contributed by atoms with Crippen LogP contribution in [0.3, 0.4) is 0 Å². The molecule has 0 spiro atoms. The number of nitrogens with zero attached hydrogens (tertiary/aromatic N) is 1. The van der Waals surface area contributed by atoms with Gasteiger partial charge in [-0.25, -0.2) is 8.42 Å². The minimum atomic E-state index is -3.57. The molecule has 0 aliphatic carbocycles. The summed E-state index contributed by atoms with van der Waals surface area (Å²) in [5, 5.41) is 0.769. The molecule has 0 radical (unpaired) electrons. The van der Waals surface area contributed by atoms with Crippen molar-refractivity contribution >= 4 is 38.9 Å². The summed E-state index contributed by atoms with van der Waals surface area (Å²) in [7, 11) is -0.589. The van der Waals surface area contributed by atoms with Crippen LogP contribution in [-0.2, 0) is 16.6 Å². The normalized spacial score (nSPS) is 11.2. The number of sulfonamides is 1. The van der Waals surface area contributed by atoms with E-state index >= 15 is 0 Å². The Morgan fingerprint density at radius 3 is 2.25 bits per heavy atom. The SMILES string of the molecule is COc1ccc(OC)c(N(Cc2ccc(Cl)c(Cl)c2)S(C)(=O)=O)c1. The van der Waals surface area contributed by atoms with E-state index in [0.29, 0.717) is 32.8 Å². The Morgan fingerprint density at radius 1 is 1.00 bits per heavy atom. The van der Waals surface area contributed by atoms with Crippen LogP contribution < -0.4 is 13.8 Å². The zero-order chi connectivity index (χ0) is 17.9. The summed E-state index contributed by atoms with van der Waals surface area (Å²) in [6, 6.07) is 9.94. The highest BCUT2D eigenvalue weighted by Gasteiger charge is 2.22. The van der Waals surface area contributed by atoms with Crippen LogP contribution in [0.15, 0.2) is 36.4 Å². The Morgan fingerprint density at radius 2 is 1.71 bits per heavy atom. The maximum Gasteiger partial charge on any atom is 0.232 e. The van der Waals surface area contributed by atoms with E-state index in [2.05, 4.69) is 0 Å². The summed E-state index contributed by atoms with van der Waals surface area (Å²) in [5.74, 6) is 0.940. The molecule has 0 atom stereocenters. The van der Waals surface area contributed by atoms with Crippen LogP contribution in [0.2, 0.25) is 10.0 Å². The van der Waals surface area contributed by atoms with Crippen LogP contribution in [0.25, 0.3) is 0 Å². The second-order valence-electron chi connectivity index (χ2n) is 5.06. The van der Waals surface area contributed by atoms with E-state index < -0.39 is 10.0 Å². The second kappa shape index (κ2) is 7.51. The molecular weight excluding hydrogens is 373 g/mol. The number of ether oxygens (including phenoxy) is 2. The molecule has 0 fully saturated rings. The smallest absolute Gasteiger partial charge is 0.232 e. The molecule has 2 aromatic carbocycles. The lowest BCUT2D eigenvalue weighted by molar-refractivity contribution is 0.403. The fraction of sp³-hybridized carbons (Fsp3) is 0.250. The number of halogens is 2. The van der Waals surface area contributed by atoms with Gasteiger partial charge in [-0.05, 0) is 29.8 Å². The summed E-state index contributed by atoms with van der Waals surface area (Å²) in [6.45, 7) is 0.0826. The number of benzene rings is 2. The first-order chi connectivity index (χ1) is 11.3. The summed E-state index contributed by atoms with van der Waals surface area (Å²) in [5.41, 5.74) is 1.07. The van der Waals surface area contributed by atoms with Gasteiger partial charge in [0.05, 0.1) is 42.8 Å². The molecule has 0 aromatic heterocycles. The van der Waals surface area contributed by atoms with Gasteiger partial charge in [0.1, 0.15) is 11.5 Å². The molecule has 0 saturated heterocycles. The van der Waals surface area contributed by atoms with Crippen LogP contribution in [0.5, 0.6) is 11.5 Å². The van der Waals surface area contributed by atoms with Crippen LogP contribution >= 0.6 is 23.2 Å². The number of rotatable bonds is 6. The van der Waals surface area contributed by atoms with Crippen LogP contribution in [0.4, 0.5) is 5.69 Å². The Balaban J connectivity index is 2.52. The largest absolute Gasteiger partial charge is 0.497 e. The first-order valence-electron chi connectivity index (χ1n) is 6.90. The molecule has 2 rings (SSSR count). The fourth-order valence-corrected chi connectivity index (χ4v) is 3.38. The van der Waals surface area contributed by atoms with E-state index in [9.17, 15) is 8.42 Å². The van der Waals surface area contributed by atoms with Crippen molar-refractivity contribution < 1.29 is 17.9 Å². The molecule has 2 aromatic rings. The van der Waals surface area contributed by atoms with Gasteiger partial charge in [0, 0.05) is 6.07 Å². The van der Waals surface area contributed by atoms with Gasteiger partial charge in [-0.3, -0.25) is 4.31 Å². The number of hydrogen-bond acceptors (Lipinski definition) is 4. The van der Waals surface area contributed by atoms with Crippen LogP contribution in [0, 0.1) is 0 Å². The lowest BCUT2D eigenvalue weighted by atomic mass is 10.2. The Bertz CT molecular complexity index is 840. The van der Waals surface area contributed by atoms with Gasteiger partial charge in [0.15, 0.2) is 0 Å². The molecule has 0 N–H and O–H groups in total. The Labute approximate surface area is 151 Å². The minimum absolute atomic E-state index is 0.0826. The van der Waals surface area contributed by atoms with Gasteiger partial charge in [-0.2, -0.15) is 0 Å². The third-order valence-electron chi connectivity index (χ3n) is 3.37. The highest BCUT2D eigenvalue weighted by molar-refractivity contribution is 7.92. The average molecular weight is 390 g/mol. The number of anilines is 1. The molecule has 0 aliphatic rings. The van der Waals surface area contributed by atoms with Crippen LogP contribution in [0.1, 0.15) is 5.56 Å². The lowest BCUT2D eigenvalue weighted by Crippen LogP contribution is -2.29.